The average Bonchev–Trinajstić information content (AvgIpc) is 2.43. The smallest absolute Gasteiger partial charge is 0.206 e. The highest BCUT2D eigenvalue weighted by atomic mass is 19.1. The summed E-state index contributed by atoms with van der Waals surface area (Å²) in [6.07, 6.45) is 2.63. The van der Waals surface area contributed by atoms with E-state index in [-0.39, 0.29) is 10.9 Å². The quantitative estimate of drug-likeness (QED) is 0.455. The first kappa shape index (κ1) is 7.78. The summed E-state index contributed by atoms with van der Waals surface area (Å²) < 4.78 is 14.8. The maximum Gasteiger partial charge on any atom is 0.206 e. The van der Waals surface area contributed by atoms with Gasteiger partial charge in [0.15, 0.2) is 5.82 Å². The molecular weight excluding hydrogens is 175 g/mol. The van der Waals surface area contributed by atoms with Crippen molar-refractivity contribution in [3.05, 3.63) is 23.8 Å². The van der Waals surface area contributed by atoms with Crippen molar-refractivity contribution in [2.24, 2.45) is 12.2 Å². The number of hydrogen-bond donors (Lipinski definition) is 2. The molecule has 2 heterocycles. The Labute approximate surface area is 72.1 Å². The molecule has 0 saturated carbocycles. The second kappa shape index (κ2) is 2.58. The molecule has 0 unspecified atom stereocenters. The molecule has 0 atom stereocenters. The van der Waals surface area contributed by atoms with Crippen LogP contribution in [-0.2, 0) is 7.05 Å². The Morgan fingerprint density at radius 1 is 1.69 bits per heavy atom. The van der Waals surface area contributed by atoms with Gasteiger partial charge in [-0.15, -0.1) is 0 Å². The molecule has 0 radical (unpaired) electrons. The van der Waals surface area contributed by atoms with Gasteiger partial charge in [0.25, 0.3) is 0 Å². The summed E-state index contributed by atoms with van der Waals surface area (Å²) >= 11 is 0. The van der Waals surface area contributed by atoms with E-state index in [4.69, 9.17) is 5.21 Å². The lowest BCUT2D eigenvalue weighted by Crippen LogP contribution is -2.09. The predicted octanol–water partition coefficient (Wildman–Crippen LogP) is 0.330. The molecule has 0 amide bonds. The highest BCUT2D eigenvalue weighted by Gasteiger charge is 2.08. The van der Waals surface area contributed by atoms with Gasteiger partial charge in [-0.05, 0) is 0 Å². The normalized spacial score (nSPS) is 12.6. The maximum absolute atomic E-state index is 13.2. The molecule has 5 nitrogen and oxygen atoms in total. The molecule has 2 N–H and O–H groups in total. The van der Waals surface area contributed by atoms with Crippen molar-refractivity contribution in [3.8, 4) is 0 Å². The molecule has 0 aliphatic heterocycles. The van der Waals surface area contributed by atoms with Crippen LogP contribution in [0.2, 0.25) is 0 Å². The van der Waals surface area contributed by atoms with Crippen molar-refractivity contribution in [2.75, 3.05) is 0 Å². The van der Waals surface area contributed by atoms with E-state index in [9.17, 15) is 4.39 Å². The first-order valence-corrected chi connectivity index (χ1v) is 3.60. The Bertz CT molecular complexity index is 513. The summed E-state index contributed by atoms with van der Waals surface area (Å²) in [4.78, 5) is 6.43. The van der Waals surface area contributed by atoms with Crippen LogP contribution < -0.4 is 5.49 Å². The third-order valence-electron chi connectivity index (χ3n) is 1.84. The number of H-pyrrole nitrogens is 1. The van der Waals surface area contributed by atoms with E-state index in [2.05, 4.69) is 15.1 Å². The maximum atomic E-state index is 13.2. The van der Waals surface area contributed by atoms with E-state index in [1.54, 1.807) is 11.6 Å². The number of aromatic amines is 1. The van der Waals surface area contributed by atoms with Crippen LogP contribution in [0.3, 0.4) is 0 Å². The standard InChI is InChI=1S/C7H7FN4O/c1-12-2-4(8)5-6(11-13)9-3-10-7(5)12/h2-3,13H,1H3,(H,9,10,11). The van der Waals surface area contributed by atoms with Gasteiger partial charge in [0, 0.05) is 13.2 Å². The van der Waals surface area contributed by atoms with E-state index >= 15 is 0 Å². The Morgan fingerprint density at radius 2 is 2.46 bits per heavy atom. The zero-order valence-electron chi connectivity index (χ0n) is 6.82. The Hall–Kier alpha value is -1.85. The molecular formula is C7H7FN4O. The highest BCUT2D eigenvalue weighted by molar-refractivity contribution is 5.75. The largest absolute Gasteiger partial charge is 0.409 e. The van der Waals surface area contributed by atoms with E-state index in [1.165, 1.54) is 12.5 Å². The van der Waals surface area contributed by atoms with Crippen molar-refractivity contribution < 1.29 is 9.60 Å². The summed E-state index contributed by atoms with van der Waals surface area (Å²) in [7, 11) is 1.68. The molecule has 0 bridgehead atoms. The molecule has 13 heavy (non-hydrogen) atoms. The number of aromatic nitrogens is 3. The van der Waals surface area contributed by atoms with E-state index in [0.29, 0.717) is 5.65 Å². The highest BCUT2D eigenvalue weighted by Crippen LogP contribution is 2.11. The summed E-state index contributed by atoms with van der Waals surface area (Å²) in [5, 5.41) is 11.6. The zero-order valence-corrected chi connectivity index (χ0v) is 6.82. The van der Waals surface area contributed by atoms with Crippen molar-refractivity contribution >= 4 is 11.0 Å². The van der Waals surface area contributed by atoms with Crippen LogP contribution in [0, 0.1) is 5.82 Å². The minimum absolute atomic E-state index is 0.0214. The summed E-state index contributed by atoms with van der Waals surface area (Å²) in [6, 6.07) is 0. The Balaban J connectivity index is 3.06. The number of fused-ring (bicyclic) bond motifs is 1. The van der Waals surface area contributed by atoms with Crippen LogP contribution in [0.1, 0.15) is 0 Å². The fourth-order valence-electron chi connectivity index (χ4n) is 1.27. The first-order chi connectivity index (χ1) is 6.24. The van der Waals surface area contributed by atoms with Crippen LogP contribution in [0.4, 0.5) is 4.39 Å². The van der Waals surface area contributed by atoms with Crippen LogP contribution in [0.5, 0.6) is 0 Å². The molecule has 0 spiro atoms. The molecule has 0 aliphatic rings. The van der Waals surface area contributed by atoms with E-state index < -0.39 is 5.82 Å². The van der Waals surface area contributed by atoms with E-state index in [1.807, 2.05) is 0 Å². The fraction of sp³-hybridized carbons (Fsp3) is 0.143. The van der Waals surface area contributed by atoms with Crippen LogP contribution in [0.15, 0.2) is 17.7 Å². The van der Waals surface area contributed by atoms with Gasteiger partial charge in [-0.2, -0.15) is 0 Å². The Kier molecular flexibility index (Phi) is 1.54. The van der Waals surface area contributed by atoms with Gasteiger partial charge < -0.3 is 14.8 Å². The SMILES string of the molecule is Cn1cc(F)c2/c(=N/O)nc[nH]c21. The summed E-state index contributed by atoms with van der Waals surface area (Å²) in [5.74, 6) is -0.463. The van der Waals surface area contributed by atoms with Crippen LogP contribution in [0.25, 0.3) is 11.0 Å². The lowest BCUT2D eigenvalue weighted by molar-refractivity contribution is 0.299. The molecule has 2 aromatic heterocycles. The van der Waals surface area contributed by atoms with Gasteiger partial charge in [-0.25, -0.2) is 9.37 Å². The fourth-order valence-corrected chi connectivity index (χ4v) is 1.27. The third kappa shape index (κ3) is 0.986. The number of rotatable bonds is 0. The Morgan fingerprint density at radius 3 is 3.15 bits per heavy atom. The van der Waals surface area contributed by atoms with Gasteiger partial charge in [-0.1, -0.05) is 5.16 Å². The summed E-state index contributed by atoms with van der Waals surface area (Å²) in [5.41, 5.74) is 0.507. The third-order valence-corrected chi connectivity index (χ3v) is 1.84. The molecule has 68 valence electrons. The monoisotopic (exact) mass is 182 g/mol. The molecule has 0 fully saturated rings. The van der Waals surface area contributed by atoms with Crippen molar-refractivity contribution in [1.29, 1.82) is 0 Å². The first-order valence-electron chi connectivity index (χ1n) is 3.60. The number of nitrogens with zero attached hydrogens (tertiary/aromatic N) is 3. The molecule has 2 aromatic rings. The molecule has 0 aromatic carbocycles. The van der Waals surface area contributed by atoms with Gasteiger partial charge in [-0.3, -0.25) is 0 Å². The van der Waals surface area contributed by atoms with Crippen molar-refractivity contribution in [3.63, 3.8) is 0 Å². The minimum atomic E-state index is -0.463. The van der Waals surface area contributed by atoms with Crippen molar-refractivity contribution in [1.82, 2.24) is 14.5 Å². The van der Waals surface area contributed by atoms with Crippen LogP contribution in [-0.4, -0.2) is 19.7 Å². The molecule has 6 heteroatoms. The van der Waals surface area contributed by atoms with Crippen molar-refractivity contribution in [2.45, 2.75) is 0 Å². The summed E-state index contributed by atoms with van der Waals surface area (Å²) in [6.45, 7) is 0. The zero-order chi connectivity index (χ0) is 9.42. The lowest BCUT2D eigenvalue weighted by Gasteiger charge is -1.93. The lowest BCUT2D eigenvalue weighted by atomic mass is 10.4. The number of hydrogen-bond acceptors (Lipinski definition) is 3. The average molecular weight is 182 g/mol. The molecule has 2 rings (SSSR count). The van der Waals surface area contributed by atoms with Gasteiger partial charge >= 0.3 is 0 Å². The second-order valence-corrected chi connectivity index (χ2v) is 2.64. The van der Waals surface area contributed by atoms with Gasteiger partial charge in [0.2, 0.25) is 5.49 Å². The topological polar surface area (TPSA) is 66.2 Å². The molecule has 0 aliphatic carbocycles. The number of nitrogens with one attached hydrogen (secondary N) is 1. The van der Waals surface area contributed by atoms with E-state index in [0.717, 1.165) is 0 Å². The number of aryl methyl sites for hydroxylation is 1. The van der Waals surface area contributed by atoms with Gasteiger partial charge in [0.05, 0.1) is 6.33 Å². The molecule has 0 saturated heterocycles. The minimum Gasteiger partial charge on any atom is -0.409 e. The number of halogens is 1. The predicted molar refractivity (Wildman–Crippen MR) is 42.4 cm³/mol. The second-order valence-electron chi connectivity index (χ2n) is 2.64. The van der Waals surface area contributed by atoms with Crippen LogP contribution >= 0.6 is 0 Å². The van der Waals surface area contributed by atoms with Gasteiger partial charge in [0.1, 0.15) is 11.0 Å².